The summed E-state index contributed by atoms with van der Waals surface area (Å²) in [6.45, 7) is 7.21. The van der Waals surface area contributed by atoms with E-state index in [-0.39, 0.29) is 6.10 Å². The molecule has 1 fully saturated rings. The number of methoxy groups -OCH3 is 1. The van der Waals surface area contributed by atoms with Gasteiger partial charge in [0, 0.05) is 12.6 Å². The fourth-order valence-electron chi connectivity index (χ4n) is 2.61. The molecule has 2 rings (SSSR count). The normalized spacial score (nSPS) is 21.1. The fraction of sp³-hybridized carbons (Fsp3) is 0.647. The molecule has 0 heterocycles. The lowest BCUT2D eigenvalue weighted by Gasteiger charge is -2.14. The van der Waals surface area contributed by atoms with Gasteiger partial charge in [0.25, 0.3) is 0 Å². The molecule has 3 nitrogen and oxygen atoms in total. The molecule has 0 bridgehead atoms. The van der Waals surface area contributed by atoms with Gasteiger partial charge in [0.1, 0.15) is 0 Å². The highest BCUT2D eigenvalue weighted by Gasteiger charge is 2.35. The van der Waals surface area contributed by atoms with Crippen molar-refractivity contribution in [3.8, 4) is 11.5 Å². The molecule has 0 aromatic heterocycles. The zero-order chi connectivity index (χ0) is 14.5. The van der Waals surface area contributed by atoms with Gasteiger partial charge >= 0.3 is 0 Å². The van der Waals surface area contributed by atoms with Gasteiger partial charge in [0.05, 0.1) is 13.2 Å². The number of ether oxygens (including phenoxy) is 2. The topological polar surface area (TPSA) is 30.5 Å². The van der Waals surface area contributed by atoms with Crippen molar-refractivity contribution in [2.75, 3.05) is 7.11 Å². The van der Waals surface area contributed by atoms with Crippen molar-refractivity contribution >= 4 is 0 Å². The number of nitrogens with one attached hydrogen (secondary N) is 1. The number of benzene rings is 1. The second-order valence-corrected chi connectivity index (χ2v) is 5.92. The van der Waals surface area contributed by atoms with Gasteiger partial charge < -0.3 is 14.8 Å². The van der Waals surface area contributed by atoms with Crippen LogP contribution >= 0.6 is 0 Å². The molecule has 20 heavy (non-hydrogen) atoms. The fourth-order valence-corrected chi connectivity index (χ4v) is 2.61. The van der Waals surface area contributed by atoms with E-state index >= 15 is 0 Å². The minimum Gasteiger partial charge on any atom is -0.493 e. The summed E-state index contributed by atoms with van der Waals surface area (Å²) in [4.78, 5) is 0. The second-order valence-electron chi connectivity index (χ2n) is 5.92. The van der Waals surface area contributed by atoms with E-state index in [2.05, 4.69) is 24.4 Å². The summed E-state index contributed by atoms with van der Waals surface area (Å²) in [5.41, 5.74) is 1.25. The molecule has 1 saturated carbocycles. The maximum atomic E-state index is 5.73. The first-order valence-electron chi connectivity index (χ1n) is 7.71. The second kappa shape index (κ2) is 6.98. The predicted molar refractivity (Wildman–Crippen MR) is 82.4 cm³/mol. The van der Waals surface area contributed by atoms with E-state index < -0.39 is 0 Å². The summed E-state index contributed by atoms with van der Waals surface area (Å²) in [5, 5.41) is 3.62. The van der Waals surface area contributed by atoms with Gasteiger partial charge in [-0.3, -0.25) is 0 Å². The molecule has 0 spiro atoms. The van der Waals surface area contributed by atoms with Crippen molar-refractivity contribution in [1.82, 2.24) is 5.32 Å². The number of hydrogen-bond donors (Lipinski definition) is 1. The van der Waals surface area contributed by atoms with E-state index in [9.17, 15) is 0 Å². The van der Waals surface area contributed by atoms with Crippen LogP contribution in [0, 0.1) is 5.92 Å². The Balaban J connectivity index is 1.89. The summed E-state index contributed by atoms with van der Waals surface area (Å²) in [6.07, 6.45) is 4.13. The Morgan fingerprint density at radius 2 is 2.10 bits per heavy atom. The van der Waals surface area contributed by atoms with Crippen molar-refractivity contribution in [2.45, 2.75) is 58.7 Å². The Morgan fingerprint density at radius 3 is 2.75 bits per heavy atom. The Hall–Kier alpha value is -1.22. The van der Waals surface area contributed by atoms with Crippen molar-refractivity contribution in [2.24, 2.45) is 5.92 Å². The summed E-state index contributed by atoms with van der Waals surface area (Å²) in [7, 11) is 1.69. The number of rotatable bonds is 8. The van der Waals surface area contributed by atoms with E-state index in [0.29, 0.717) is 6.04 Å². The van der Waals surface area contributed by atoms with Crippen LogP contribution in [0.1, 0.15) is 45.6 Å². The van der Waals surface area contributed by atoms with Crippen LogP contribution < -0.4 is 14.8 Å². The molecule has 1 aliphatic carbocycles. The summed E-state index contributed by atoms with van der Waals surface area (Å²) in [5.74, 6) is 2.53. The van der Waals surface area contributed by atoms with Crippen LogP contribution in [0.15, 0.2) is 18.2 Å². The molecule has 0 saturated heterocycles. The molecule has 112 valence electrons. The minimum atomic E-state index is 0.161. The lowest BCUT2D eigenvalue weighted by atomic mass is 10.2. The maximum Gasteiger partial charge on any atom is 0.161 e. The van der Waals surface area contributed by atoms with Crippen molar-refractivity contribution in [3.05, 3.63) is 23.8 Å². The highest BCUT2D eigenvalue weighted by molar-refractivity contribution is 5.43. The molecule has 0 radical (unpaired) electrons. The number of hydrogen-bond acceptors (Lipinski definition) is 3. The van der Waals surface area contributed by atoms with Gasteiger partial charge in [-0.1, -0.05) is 19.4 Å². The van der Waals surface area contributed by atoms with Gasteiger partial charge in [0.2, 0.25) is 0 Å². The first-order valence-corrected chi connectivity index (χ1v) is 7.71. The van der Waals surface area contributed by atoms with E-state index in [1.165, 1.54) is 24.8 Å². The molecular weight excluding hydrogens is 250 g/mol. The first-order chi connectivity index (χ1) is 9.63. The standard InChI is InChI=1S/C17H27NO2/c1-5-6-14-10-15(14)18-11-13-7-8-16(20-12(2)3)17(9-13)19-4/h7-9,12,14-15,18H,5-6,10-11H2,1-4H3. The third-order valence-electron chi connectivity index (χ3n) is 3.74. The van der Waals surface area contributed by atoms with Crippen molar-refractivity contribution < 1.29 is 9.47 Å². The molecule has 0 aliphatic heterocycles. The van der Waals surface area contributed by atoms with Crippen LogP contribution in [-0.2, 0) is 6.54 Å². The van der Waals surface area contributed by atoms with Crippen LogP contribution in [0.25, 0.3) is 0 Å². The Labute approximate surface area is 122 Å². The summed E-state index contributed by atoms with van der Waals surface area (Å²) in [6, 6.07) is 6.91. The van der Waals surface area contributed by atoms with E-state index in [4.69, 9.17) is 9.47 Å². The highest BCUT2D eigenvalue weighted by Crippen LogP contribution is 2.35. The summed E-state index contributed by atoms with van der Waals surface area (Å²) >= 11 is 0. The summed E-state index contributed by atoms with van der Waals surface area (Å²) < 4.78 is 11.1. The molecule has 1 aliphatic rings. The zero-order valence-electron chi connectivity index (χ0n) is 13.1. The zero-order valence-corrected chi connectivity index (χ0v) is 13.1. The molecule has 1 aromatic rings. The van der Waals surface area contributed by atoms with Crippen LogP contribution in [0.4, 0.5) is 0 Å². The van der Waals surface area contributed by atoms with E-state index in [1.807, 2.05) is 19.9 Å². The smallest absolute Gasteiger partial charge is 0.161 e. The largest absolute Gasteiger partial charge is 0.493 e. The van der Waals surface area contributed by atoms with Gasteiger partial charge in [-0.25, -0.2) is 0 Å². The van der Waals surface area contributed by atoms with Crippen molar-refractivity contribution in [3.63, 3.8) is 0 Å². The van der Waals surface area contributed by atoms with Gasteiger partial charge in [-0.05, 0) is 50.3 Å². The van der Waals surface area contributed by atoms with Crippen LogP contribution in [0.5, 0.6) is 11.5 Å². The Morgan fingerprint density at radius 1 is 1.30 bits per heavy atom. The van der Waals surface area contributed by atoms with Gasteiger partial charge in [0.15, 0.2) is 11.5 Å². The average Bonchev–Trinajstić information content (AvgIpc) is 3.16. The maximum absolute atomic E-state index is 5.73. The van der Waals surface area contributed by atoms with Gasteiger partial charge in [-0.2, -0.15) is 0 Å². The molecule has 1 aromatic carbocycles. The van der Waals surface area contributed by atoms with Crippen LogP contribution in [-0.4, -0.2) is 19.3 Å². The highest BCUT2D eigenvalue weighted by atomic mass is 16.5. The van der Waals surface area contributed by atoms with Crippen molar-refractivity contribution in [1.29, 1.82) is 0 Å². The first kappa shape index (κ1) is 15.2. The molecule has 2 atom stereocenters. The lowest BCUT2D eigenvalue weighted by Crippen LogP contribution is -2.17. The van der Waals surface area contributed by atoms with Crippen LogP contribution in [0.3, 0.4) is 0 Å². The quantitative estimate of drug-likeness (QED) is 0.785. The van der Waals surface area contributed by atoms with E-state index in [0.717, 1.165) is 24.0 Å². The lowest BCUT2D eigenvalue weighted by molar-refractivity contribution is 0.230. The minimum absolute atomic E-state index is 0.161. The molecule has 2 unspecified atom stereocenters. The molecule has 0 amide bonds. The van der Waals surface area contributed by atoms with Crippen LogP contribution in [0.2, 0.25) is 0 Å². The third-order valence-corrected chi connectivity index (χ3v) is 3.74. The predicted octanol–water partition coefficient (Wildman–Crippen LogP) is 3.76. The average molecular weight is 277 g/mol. The third kappa shape index (κ3) is 4.14. The Kier molecular flexibility index (Phi) is 5.30. The Bertz CT molecular complexity index is 431. The molecular formula is C17H27NO2. The van der Waals surface area contributed by atoms with Gasteiger partial charge in [-0.15, -0.1) is 0 Å². The SMILES string of the molecule is CCCC1CC1NCc1ccc(OC(C)C)c(OC)c1. The molecule has 3 heteroatoms. The van der Waals surface area contributed by atoms with E-state index in [1.54, 1.807) is 7.11 Å². The monoisotopic (exact) mass is 277 g/mol. The molecule has 1 N–H and O–H groups in total.